The molecule has 156 valence electrons. The minimum Gasteiger partial charge on any atom is -0.490 e. The fourth-order valence-electron chi connectivity index (χ4n) is 3.95. The van der Waals surface area contributed by atoms with Crippen LogP contribution in [-0.2, 0) is 14.8 Å². The van der Waals surface area contributed by atoms with E-state index in [4.69, 9.17) is 9.26 Å². The Kier molecular flexibility index (Phi) is 5.60. The lowest BCUT2D eigenvalue weighted by molar-refractivity contribution is -0.119. The summed E-state index contributed by atoms with van der Waals surface area (Å²) < 4.78 is 38.4. The van der Waals surface area contributed by atoms with E-state index in [1.807, 2.05) is 0 Å². The largest absolute Gasteiger partial charge is 0.490 e. The van der Waals surface area contributed by atoms with Gasteiger partial charge in [0.15, 0.2) is 5.82 Å². The number of carbonyl (C=O) groups is 1. The van der Waals surface area contributed by atoms with Crippen molar-refractivity contribution in [1.29, 1.82) is 0 Å². The number of aryl methyl sites for hydroxylation is 1. The summed E-state index contributed by atoms with van der Waals surface area (Å²) in [6.45, 7) is 2.02. The molecule has 1 aromatic carbocycles. The first-order valence-electron chi connectivity index (χ1n) is 9.96. The van der Waals surface area contributed by atoms with Crippen LogP contribution < -0.4 is 10.1 Å². The summed E-state index contributed by atoms with van der Waals surface area (Å²) in [5.74, 6) is 1.12. The number of amides is 1. The van der Waals surface area contributed by atoms with E-state index in [9.17, 15) is 13.2 Å². The highest BCUT2D eigenvalue weighted by Crippen LogP contribution is 2.29. The van der Waals surface area contributed by atoms with Gasteiger partial charge in [-0.25, -0.2) is 8.42 Å². The zero-order chi connectivity index (χ0) is 20.4. The molecular weight excluding hydrogens is 394 g/mol. The van der Waals surface area contributed by atoms with Crippen LogP contribution in [0.15, 0.2) is 39.8 Å². The van der Waals surface area contributed by atoms with Gasteiger partial charge in [0.1, 0.15) is 17.6 Å². The Labute approximate surface area is 170 Å². The summed E-state index contributed by atoms with van der Waals surface area (Å²) in [6, 6.07) is 7.30. The molecule has 2 fully saturated rings. The highest BCUT2D eigenvalue weighted by molar-refractivity contribution is 7.89. The number of hydrogen-bond donors (Lipinski definition) is 1. The van der Waals surface area contributed by atoms with Gasteiger partial charge in [-0.2, -0.15) is 4.31 Å². The van der Waals surface area contributed by atoms with Crippen LogP contribution >= 0.6 is 0 Å². The van der Waals surface area contributed by atoms with E-state index in [-0.39, 0.29) is 16.8 Å². The number of nitrogens with one attached hydrogen (secondary N) is 1. The topological polar surface area (TPSA) is 102 Å². The first kappa shape index (κ1) is 19.9. The Morgan fingerprint density at radius 1 is 1.17 bits per heavy atom. The second-order valence-electron chi connectivity index (χ2n) is 7.58. The van der Waals surface area contributed by atoms with Crippen molar-refractivity contribution in [1.82, 2.24) is 9.46 Å². The van der Waals surface area contributed by atoms with E-state index < -0.39 is 22.0 Å². The number of hydrogen-bond acceptors (Lipinski definition) is 6. The third kappa shape index (κ3) is 4.30. The average molecular weight is 420 g/mol. The Balaban J connectivity index is 1.47. The van der Waals surface area contributed by atoms with Crippen LogP contribution in [0.3, 0.4) is 0 Å². The van der Waals surface area contributed by atoms with Gasteiger partial charge in [0.2, 0.25) is 15.9 Å². The summed E-state index contributed by atoms with van der Waals surface area (Å²) in [4.78, 5) is 12.8. The lowest BCUT2D eigenvalue weighted by Crippen LogP contribution is -2.43. The minimum atomic E-state index is -3.79. The van der Waals surface area contributed by atoms with Gasteiger partial charge in [-0.1, -0.05) is 5.16 Å². The van der Waals surface area contributed by atoms with Crippen LogP contribution in [0.2, 0.25) is 0 Å². The average Bonchev–Trinajstić information content (AvgIpc) is 3.44. The third-order valence-corrected chi connectivity index (χ3v) is 7.34. The van der Waals surface area contributed by atoms with Crippen molar-refractivity contribution in [3.05, 3.63) is 36.1 Å². The molecule has 1 aliphatic carbocycles. The number of anilines is 1. The van der Waals surface area contributed by atoms with Crippen LogP contribution in [-0.4, -0.2) is 42.5 Å². The molecule has 1 amide bonds. The van der Waals surface area contributed by atoms with Crippen molar-refractivity contribution in [3.63, 3.8) is 0 Å². The molecule has 2 heterocycles. The van der Waals surface area contributed by atoms with Gasteiger partial charge in [-0.05, 0) is 69.7 Å². The third-order valence-electron chi connectivity index (χ3n) is 5.42. The normalized spacial score (nSPS) is 20.8. The fourth-order valence-corrected chi connectivity index (χ4v) is 5.61. The van der Waals surface area contributed by atoms with Crippen molar-refractivity contribution < 1.29 is 22.5 Å². The molecular formula is C20H25N3O5S. The predicted molar refractivity (Wildman–Crippen MR) is 106 cm³/mol. The quantitative estimate of drug-likeness (QED) is 0.772. The van der Waals surface area contributed by atoms with E-state index in [2.05, 4.69) is 10.5 Å². The highest BCUT2D eigenvalue weighted by Gasteiger charge is 2.39. The summed E-state index contributed by atoms with van der Waals surface area (Å²) in [5.41, 5.74) is 0. The number of benzene rings is 1. The highest BCUT2D eigenvalue weighted by atomic mass is 32.2. The van der Waals surface area contributed by atoms with Crippen LogP contribution in [0.5, 0.6) is 5.75 Å². The van der Waals surface area contributed by atoms with Crippen molar-refractivity contribution >= 4 is 21.7 Å². The molecule has 0 radical (unpaired) electrons. The van der Waals surface area contributed by atoms with Gasteiger partial charge < -0.3 is 14.6 Å². The molecule has 8 nitrogen and oxygen atoms in total. The van der Waals surface area contributed by atoms with E-state index in [0.717, 1.165) is 12.8 Å². The van der Waals surface area contributed by atoms with Gasteiger partial charge >= 0.3 is 0 Å². The van der Waals surface area contributed by atoms with Gasteiger partial charge in [0.25, 0.3) is 0 Å². The maximum Gasteiger partial charge on any atom is 0.244 e. The number of ether oxygens (including phenoxy) is 1. The van der Waals surface area contributed by atoms with Crippen LogP contribution in [0.1, 0.15) is 44.3 Å². The molecule has 4 rings (SSSR count). The molecule has 0 bridgehead atoms. The summed E-state index contributed by atoms with van der Waals surface area (Å²) in [7, 11) is -3.79. The van der Waals surface area contributed by atoms with Gasteiger partial charge in [-0.15, -0.1) is 0 Å². The molecule has 1 N–H and O–H groups in total. The molecule has 29 heavy (non-hydrogen) atoms. The first-order valence-corrected chi connectivity index (χ1v) is 11.4. The smallest absolute Gasteiger partial charge is 0.244 e. The van der Waals surface area contributed by atoms with E-state index >= 15 is 0 Å². The summed E-state index contributed by atoms with van der Waals surface area (Å²) in [6.07, 6.45) is 5.71. The monoisotopic (exact) mass is 419 g/mol. The maximum atomic E-state index is 13.1. The lowest BCUT2D eigenvalue weighted by Gasteiger charge is -2.23. The van der Waals surface area contributed by atoms with Crippen molar-refractivity contribution in [2.24, 2.45) is 0 Å². The second kappa shape index (κ2) is 8.16. The van der Waals surface area contributed by atoms with Gasteiger partial charge in [0.05, 0.1) is 11.0 Å². The maximum absolute atomic E-state index is 13.1. The SMILES string of the molecule is Cc1cc(NC(=O)[C@@H]2CCCN2S(=O)(=O)c2ccc(OC3CCCC3)cc2)no1. The zero-order valence-corrected chi connectivity index (χ0v) is 17.2. The fraction of sp³-hybridized carbons (Fsp3) is 0.500. The number of rotatable bonds is 6. The second-order valence-corrected chi connectivity index (χ2v) is 9.47. The van der Waals surface area contributed by atoms with Crippen LogP contribution in [0.25, 0.3) is 0 Å². The molecule has 1 saturated carbocycles. The lowest BCUT2D eigenvalue weighted by atomic mass is 10.2. The summed E-state index contributed by atoms with van der Waals surface area (Å²) in [5, 5.41) is 6.37. The Bertz CT molecular complexity index is 964. The van der Waals surface area contributed by atoms with Crippen molar-refractivity contribution in [2.75, 3.05) is 11.9 Å². The molecule has 0 unspecified atom stereocenters. The number of nitrogens with zero attached hydrogens (tertiary/aromatic N) is 2. The van der Waals surface area contributed by atoms with Crippen LogP contribution in [0.4, 0.5) is 5.82 Å². The van der Waals surface area contributed by atoms with Gasteiger partial charge in [-0.3, -0.25) is 4.79 Å². The molecule has 2 aromatic rings. The Morgan fingerprint density at radius 3 is 2.55 bits per heavy atom. The predicted octanol–water partition coefficient (Wildman–Crippen LogP) is 3.10. The molecule has 2 aliphatic rings. The Morgan fingerprint density at radius 2 is 1.90 bits per heavy atom. The molecule has 9 heteroatoms. The standard InChI is InChI=1S/C20H25N3O5S/c1-14-13-19(22-28-14)21-20(24)18-7-4-12-23(18)29(25,26)17-10-8-16(9-11-17)27-15-5-2-3-6-15/h8-11,13,15,18H,2-7,12H2,1H3,(H,21,22,24)/t18-/m0/s1. The first-order chi connectivity index (χ1) is 13.9. The van der Waals surface area contributed by atoms with Crippen LogP contribution in [0, 0.1) is 6.92 Å². The molecule has 1 saturated heterocycles. The van der Waals surface area contributed by atoms with E-state index in [0.29, 0.717) is 30.9 Å². The van der Waals surface area contributed by atoms with E-state index in [1.165, 1.54) is 17.1 Å². The minimum absolute atomic E-state index is 0.160. The van der Waals surface area contributed by atoms with Gasteiger partial charge in [0, 0.05) is 12.6 Å². The molecule has 0 spiro atoms. The van der Waals surface area contributed by atoms with Crippen molar-refractivity contribution in [2.45, 2.75) is 62.5 Å². The molecule has 1 aliphatic heterocycles. The zero-order valence-electron chi connectivity index (χ0n) is 16.3. The number of carbonyl (C=O) groups excluding carboxylic acids is 1. The van der Waals surface area contributed by atoms with Crippen molar-refractivity contribution in [3.8, 4) is 5.75 Å². The molecule has 1 atom stereocenters. The number of aromatic nitrogens is 1. The summed E-state index contributed by atoms with van der Waals surface area (Å²) >= 11 is 0. The Hall–Kier alpha value is -2.39. The molecule has 1 aromatic heterocycles. The number of sulfonamides is 1. The van der Waals surface area contributed by atoms with E-state index in [1.54, 1.807) is 37.3 Å².